The fourth-order valence-electron chi connectivity index (χ4n) is 3.12. The van der Waals surface area contributed by atoms with Gasteiger partial charge in [0.05, 0.1) is 26.0 Å². The molecule has 0 spiro atoms. The highest BCUT2D eigenvalue weighted by Gasteiger charge is 2.15. The Morgan fingerprint density at radius 1 is 1.25 bits per heavy atom. The second-order valence-electron chi connectivity index (χ2n) is 6.68. The topological polar surface area (TPSA) is 50.8 Å². The molecule has 0 saturated carbocycles. The number of hydrogen-bond donors (Lipinski definition) is 1. The van der Waals surface area contributed by atoms with Gasteiger partial charge in [0.2, 0.25) is 5.91 Å². The van der Waals surface area contributed by atoms with Crippen molar-refractivity contribution >= 4 is 17.7 Å². The number of methoxy groups -OCH3 is 1. The van der Waals surface area contributed by atoms with Crippen LogP contribution in [0.4, 0.5) is 10.1 Å². The molecule has 0 aliphatic carbocycles. The summed E-state index contributed by atoms with van der Waals surface area (Å²) in [6.07, 6.45) is 3.17. The van der Waals surface area contributed by atoms with Crippen LogP contribution in [0.3, 0.4) is 0 Å². The van der Waals surface area contributed by atoms with Crippen LogP contribution in [0.1, 0.15) is 16.7 Å². The number of morpholine rings is 1. The van der Waals surface area contributed by atoms with Crippen LogP contribution in [0.5, 0.6) is 5.75 Å². The predicted octanol–water partition coefficient (Wildman–Crippen LogP) is 3.31. The maximum absolute atomic E-state index is 14.4. The zero-order valence-electron chi connectivity index (χ0n) is 16.2. The summed E-state index contributed by atoms with van der Waals surface area (Å²) in [5.74, 6) is 0.172. The standard InChI is InChI=1S/C22H25FN2O3/c1-16-3-7-21(27-2)18(13-16)5-8-22(26)24-15-17-4-6-20(19(23)14-17)25-9-11-28-12-10-25/h3-8,13-14H,9-12,15H2,1-2H3,(H,24,26). The van der Waals surface area contributed by atoms with E-state index in [4.69, 9.17) is 9.47 Å². The van der Waals surface area contributed by atoms with Gasteiger partial charge >= 0.3 is 0 Å². The van der Waals surface area contributed by atoms with E-state index < -0.39 is 0 Å². The van der Waals surface area contributed by atoms with Gasteiger partial charge in [-0.05, 0) is 42.8 Å². The van der Waals surface area contributed by atoms with Gasteiger partial charge in [-0.3, -0.25) is 4.79 Å². The van der Waals surface area contributed by atoms with E-state index in [2.05, 4.69) is 5.32 Å². The number of halogens is 1. The Hall–Kier alpha value is -2.86. The van der Waals surface area contributed by atoms with Gasteiger partial charge in [-0.1, -0.05) is 17.7 Å². The van der Waals surface area contributed by atoms with E-state index in [1.165, 1.54) is 12.1 Å². The molecule has 1 aliphatic heterocycles. The van der Waals surface area contributed by atoms with Gasteiger partial charge in [0.25, 0.3) is 0 Å². The normalized spacial score (nSPS) is 14.3. The van der Waals surface area contributed by atoms with Gasteiger partial charge < -0.3 is 19.7 Å². The lowest BCUT2D eigenvalue weighted by Gasteiger charge is -2.29. The second kappa shape index (κ2) is 9.37. The van der Waals surface area contributed by atoms with E-state index in [0.717, 1.165) is 11.1 Å². The first-order valence-electron chi connectivity index (χ1n) is 9.28. The molecule has 1 amide bonds. The summed E-state index contributed by atoms with van der Waals surface area (Å²) in [5.41, 5.74) is 3.20. The van der Waals surface area contributed by atoms with Crippen LogP contribution in [0.2, 0.25) is 0 Å². The van der Waals surface area contributed by atoms with Gasteiger partial charge in [0.15, 0.2) is 0 Å². The summed E-state index contributed by atoms with van der Waals surface area (Å²) in [4.78, 5) is 14.1. The first-order valence-corrected chi connectivity index (χ1v) is 9.28. The maximum atomic E-state index is 14.4. The number of anilines is 1. The van der Waals surface area contributed by atoms with Crippen LogP contribution in [-0.2, 0) is 16.1 Å². The van der Waals surface area contributed by atoms with E-state index in [-0.39, 0.29) is 18.3 Å². The van der Waals surface area contributed by atoms with E-state index in [0.29, 0.717) is 43.3 Å². The highest BCUT2D eigenvalue weighted by Crippen LogP contribution is 2.22. The van der Waals surface area contributed by atoms with Gasteiger partial charge in [-0.2, -0.15) is 0 Å². The molecule has 28 heavy (non-hydrogen) atoms. The number of nitrogens with one attached hydrogen (secondary N) is 1. The van der Waals surface area contributed by atoms with Crippen molar-refractivity contribution in [3.8, 4) is 5.75 Å². The van der Waals surface area contributed by atoms with Gasteiger partial charge in [-0.15, -0.1) is 0 Å². The summed E-state index contributed by atoms with van der Waals surface area (Å²) in [7, 11) is 1.59. The fourth-order valence-corrected chi connectivity index (χ4v) is 3.12. The molecule has 5 nitrogen and oxygen atoms in total. The molecule has 3 rings (SSSR count). The Bertz CT molecular complexity index is 861. The van der Waals surface area contributed by atoms with Gasteiger partial charge in [0.1, 0.15) is 11.6 Å². The molecule has 1 aliphatic rings. The van der Waals surface area contributed by atoms with E-state index >= 15 is 0 Å². The number of amides is 1. The Kier molecular flexibility index (Phi) is 6.66. The summed E-state index contributed by atoms with van der Waals surface area (Å²) < 4.78 is 25.0. The zero-order chi connectivity index (χ0) is 19.9. The summed E-state index contributed by atoms with van der Waals surface area (Å²) in [5, 5.41) is 2.78. The molecule has 0 atom stereocenters. The highest BCUT2D eigenvalue weighted by atomic mass is 19.1. The second-order valence-corrected chi connectivity index (χ2v) is 6.68. The highest BCUT2D eigenvalue weighted by molar-refractivity contribution is 5.92. The average molecular weight is 384 g/mol. The molecule has 2 aromatic carbocycles. The average Bonchev–Trinajstić information content (AvgIpc) is 2.71. The fraction of sp³-hybridized carbons (Fsp3) is 0.318. The van der Waals surface area contributed by atoms with Crippen molar-refractivity contribution in [1.29, 1.82) is 0 Å². The van der Waals surface area contributed by atoms with Crippen molar-refractivity contribution in [1.82, 2.24) is 5.32 Å². The van der Waals surface area contributed by atoms with Crippen molar-refractivity contribution in [3.05, 3.63) is 65.0 Å². The molecular formula is C22H25FN2O3. The van der Waals surface area contributed by atoms with Crippen LogP contribution in [-0.4, -0.2) is 39.3 Å². The van der Waals surface area contributed by atoms with Crippen molar-refractivity contribution in [2.45, 2.75) is 13.5 Å². The summed E-state index contributed by atoms with van der Waals surface area (Å²) in [6, 6.07) is 10.8. The SMILES string of the molecule is COc1ccc(C)cc1C=CC(=O)NCc1ccc(N2CCOCC2)c(F)c1. The van der Waals surface area contributed by atoms with Crippen LogP contribution in [0, 0.1) is 12.7 Å². The van der Waals surface area contributed by atoms with E-state index in [1.807, 2.05) is 36.1 Å². The lowest BCUT2D eigenvalue weighted by molar-refractivity contribution is -0.116. The molecular weight excluding hydrogens is 359 g/mol. The minimum Gasteiger partial charge on any atom is -0.496 e. The molecule has 1 fully saturated rings. The molecule has 1 heterocycles. The van der Waals surface area contributed by atoms with Crippen LogP contribution < -0.4 is 15.0 Å². The first kappa shape index (κ1) is 19.9. The Morgan fingerprint density at radius 2 is 2.04 bits per heavy atom. The summed E-state index contributed by atoms with van der Waals surface area (Å²) in [6.45, 7) is 4.81. The van der Waals surface area contributed by atoms with Crippen molar-refractivity contribution in [2.75, 3.05) is 38.3 Å². The molecule has 2 aromatic rings. The van der Waals surface area contributed by atoms with E-state index in [1.54, 1.807) is 19.3 Å². The molecule has 148 valence electrons. The quantitative estimate of drug-likeness (QED) is 0.777. The Balaban J connectivity index is 1.58. The zero-order valence-corrected chi connectivity index (χ0v) is 16.2. The molecule has 1 N–H and O–H groups in total. The van der Waals surface area contributed by atoms with Crippen molar-refractivity contribution in [2.24, 2.45) is 0 Å². The number of aryl methyl sites for hydroxylation is 1. The number of nitrogens with zero attached hydrogens (tertiary/aromatic N) is 1. The first-order chi connectivity index (χ1) is 13.6. The molecule has 1 saturated heterocycles. The molecule has 0 unspecified atom stereocenters. The lowest BCUT2D eigenvalue weighted by Crippen LogP contribution is -2.36. The Morgan fingerprint density at radius 3 is 2.75 bits per heavy atom. The predicted molar refractivity (Wildman–Crippen MR) is 108 cm³/mol. The monoisotopic (exact) mass is 384 g/mol. The van der Waals surface area contributed by atoms with E-state index in [9.17, 15) is 9.18 Å². The molecule has 0 bridgehead atoms. The Labute approximate surface area is 164 Å². The molecule has 6 heteroatoms. The van der Waals surface area contributed by atoms with Crippen molar-refractivity contribution < 1.29 is 18.7 Å². The third-order valence-corrected chi connectivity index (χ3v) is 4.63. The minimum absolute atomic E-state index is 0.249. The van der Waals surface area contributed by atoms with Crippen LogP contribution in [0.25, 0.3) is 6.08 Å². The number of rotatable bonds is 6. The van der Waals surface area contributed by atoms with Gasteiger partial charge in [0, 0.05) is 31.3 Å². The van der Waals surface area contributed by atoms with Crippen LogP contribution in [0.15, 0.2) is 42.5 Å². The number of ether oxygens (including phenoxy) is 2. The number of carbonyl (C=O) groups is 1. The maximum Gasteiger partial charge on any atom is 0.244 e. The lowest BCUT2D eigenvalue weighted by atomic mass is 10.1. The number of carbonyl (C=O) groups excluding carboxylic acids is 1. The molecule has 0 radical (unpaired) electrons. The molecule has 0 aromatic heterocycles. The minimum atomic E-state index is -0.284. The number of benzene rings is 2. The van der Waals surface area contributed by atoms with Gasteiger partial charge in [-0.25, -0.2) is 4.39 Å². The largest absolute Gasteiger partial charge is 0.496 e. The number of hydrogen-bond acceptors (Lipinski definition) is 4. The van der Waals surface area contributed by atoms with Crippen LogP contribution >= 0.6 is 0 Å². The third kappa shape index (κ3) is 5.10. The third-order valence-electron chi connectivity index (χ3n) is 4.63. The summed E-state index contributed by atoms with van der Waals surface area (Å²) >= 11 is 0. The van der Waals surface area contributed by atoms with Crippen molar-refractivity contribution in [3.63, 3.8) is 0 Å². The smallest absolute Gasteiger partial charge is 0.244 e.